The van der Waals surface area contributed by atoms with Crippen LogP contribution in [0.2, 0.25) is 0 Å². The van der Waals surface area contributed by atoms with E-state index in [1.807, 2.05) is 42.2 Å². The van der Waals surface area contributed by atoms with E-state index in [4.69, 9.17) is 10.2 Å². The SMILES string of the molecule is CC(CN(CCC(=O)O)C(C)c1ccccc1)C(=O)O. The first-order chi connectivity index (χ1) is 9.41. The number of aliphatic carboxylic acids is 2. The van der Waals surface area contributed by atoms with E-state index in [1.54, 1.807) is 6.92 Å². The molecule has 0 amide bonds. The van der Waals surface area contributed by atoms with Gasteiger partial charge >= 0.3 is 11.9 Å². The van der Waals surface area contributed by atoms with E-state index in [-0.39, 0.29) is 12.5 Å². The van der Waals surface area contributed by atoms with Gasteiger partial charge in [-0.15, -0.1) is 0 Å². The fourth-order valence-electron chi connectivity index (χ4n) is 2.05. The summed E-state index contributed by atoms with van der Waals surface area (Å²) in [5.41, 5.74) is 1.05. The van der Waals surface area contributed by atoms with E-state index in [2.05, 4.69) is 0 Å². The fourth-order valence-corrected chi connectivity index (χ4v) is 2.05. The van der Waals surface area contributed by atoms with Crippen molar-refractivity contribution in [1.29, 1.82) is 0 Å². The summed E-state index contributed by atoms with van der Waals surface area (Å²) in [5, 5.41) is 17.8. The third-order valence-corrected chi connectivity index (χ3v) is 3.37. The van der Waals surface area contributed by atoms with Crippen LogP contribution in [0.1, 0.15) is 31.9 Å². The maximum absolute atomic E-state index is 11.0. The second kappa shape index (κ2) is 7.65. The van der Waals surface area contributed by atoms with Crippen molar-refractivity contribution in [2.24, 2.45) is 5.92 Å². The third kappa shape index (κ3) is 5.01. The van der Waals surface area contributed by atoms with Crippen LogP contribution in [0.3, 0.4) is 0 Å². The molecule has 20 heavy (non-hydrogen) atoms. The van der Waals surface area contributed by atoms with E-state index in [0.717, 1.165) is 5.56 Å². The fraction of sp³-hybridized carbons (Fsp3) is 0.467. The first-order valence-corrected chi connectivity index (χ1v) is 6.65. The molecule has 2 atom stereocenters. The molecule has 0 aliphatic heterocycles. The molecule has 1 aromatic rings. The van der Waals surface area contributed by atoms with Crippen molar-refractivity contribution >= 4 is 11.9 Å². The molecule has 0 saturated heterocycles. The highest BCUT2D eigenvalue weighted by Gasteiger charge is 2.22. The van der Waals surface area contributed by atoms with Crippen LogP contribution in [-0.2, 0) is 9.59 Å². The molecule has 5 heteroatoms. The number of carboxylic acids is 2. The van der Waals surface area contributed by atoms with Crippen molar-refractivity contribution in [3.05, 3.63) is 35.9 Å². The zero-order chi connectivity index (χ0) is 15.1. The molecule has 2 N–H and O–H groups in total. The predicted octanol–water partition coefficient (Wildman–Crippen LogP) is 2.24. The van der Waals surface area contributed by atoms with E-state index in [9.17, 15) is 9.59 Å². The van der Waals surface area contributed by atoms with Gasteiger partial charge in [0.2, 0.25) is 0 Å². The summed E-state index contributed by atoms with van der Waals surface area (Å²) >= 11 is 0. The molecule has 0 aliphatic carbocycles. The molecular weight excluding hydrogens is 258 g/mol. The summed E-state index contributed by atoms with van der Waals surface area (Å²) in [6.07, 6.45) is 0.00348. The zero-order valence-electron chi connectivity index (χ0n) is 11.8. The average molecular weight is 279 g/mol. The standard InChI is InChI=1S/C15H21NO4/c1-11(15(19)20)10-16(9-8-14(17)18)12(2)13-6-4-3-5-7-13/h3-7,11-12H,8-10H2,1-2H3,(H,17,18)(H,19,20). The Bertz CT molecular complexity index is 446. The molecular formula is C15H21NO4. The third-order valence-electron chi connectivity index (χ3n) is 3.37. The highest BCUT2D eigenvalue weighted by molar-refractivity contribution is 5.69. The zero-order valence-corrected chi connectivity index (χ0v) is 11.8. The number of rotatable bonds is 8. The smallest absolute Gasteiger partial charge is 0.307 e. The molecule has 0 fully saturated rings. The Morgan fingerprint density at radius 2 is 1.75 bits per heavy atom. The van der Waals surface area contributed by atoms with Crippen molar-refractivity contribution < 1.29 is 19.8 Å². The van der Waals surface area contributed by atoms with Gasteiger partial charge < -0.3 is 10.2 Å². The molecule has 2 unspecified atom stereocenters. The van der Waals surface area contributed by atoms with Crippen LogP contribution in [-0.4, -0.2) is 40.1 Å². The van der Waals surface area contributed by atoms with Gasteiger partial charge in [0.1, 0.15) is 0 Å². The molecule has 0 bridgehead atoms. The van der Waals surface area contributed by atoms with Crippen molar-refractivity contribution in [1.82, 2.24) is 4.90 Å². The summed E-state index contributed by atoms with van der Waals surface area (Å²) in [6, 6.07) is 9.66. The Balaban J connectivity index is 2.80. The number of benzene rings is 1. The number of carboxylic acid groups (broad SMARTS) is 2. The molecule has 0 radical (unpaired) electrons. The Morgan fingerprint density at radius 1 is 1.15 bits per heavy atom. The predicted molar refractivity (Wildman–Crippen MR) is 75.5 cm³/mol. The normalized spacial score (nSPS) is 13.9. The Labute approximate surface area is 118 Å². The van der Waals surface area contributed by atoms with Crippen LogP contribution in [0.25, 0.3) is 0 Å². The first-order valence-electron chi connectivity index (χ1n) is 6.65. The van der Waals surface area contributed by atoms with Gasteiger partial charge in [-0.1, -0.05) is 37.3 Å². The lowest BCUT2D eigenvalue weighted by Gasteiger charge is -2.30. The van der Waals surface area contributed by atoms with Gasteiger partial charge in [-0.3, -0.25) is 14.5 Å². The molecule has 110 valence electrons. The van der Waals surface area contributed by atoms with Gasteiger partial charge in [-0.05, 0) is 12.5 Å². The quantitative estimate of drug-likeness (QED) is 0.763. The Kier molecular flexibility index (Phi) is 6.18. The molecule has 5 nitrogen and oxygen atoms in total. The minimum absolute atomic E-state index is 0.00348. The Hall–Kier alpha value is -1.88. The summed E-state index contributed by atoms with van der Waals surface area (Å²) in [4.78, 5) is 23.6. The molecule has 1 aromatic carbocycles. The minimum Gasteiger partial charge on any atom is -0.481 e. The minimum atomic E-state index is -0.877. The highest BCUT2D eigenvalue weighted by atomic mass is 16.4. The van der Waals surface area contributed by atoms with Gasteiger partial charge in [-0.2, -0.15) is 0 Å². The lowest BCUT2D eigenvalue weighted by atomic mass is 10.0. The first kappa shape index (κ1) is 16.2. The van der Waals surface area contributed by atoms with Crippen LogP contribution >= 0.6 is 0 Å². The summed E-state index contributed by atoms with van der Waals surface area (Å²) in [5.74, 6) is -2.28. The van der Waals surface area contributed by atoms with Crippen LogP contribution in [0, 0.1) is 5.92 Å². The molecule has 0 heterocycles. The average Bonchev–Trinajstić information content (AvgIpc) is 2.43. The Morgan fingerprint density at radius 3 is 2.25 bits per heavy atom. The molecule has 0 aliphatic rings. The second-order valence-electron chi connectivity index (χ2n) is 4.96. The maximum Gasteiger partial charge on any atom is 0.307 e. The summed E-state index contributed by atoms with van der Waals surface area (Å²) in [6.45, 7) is 4.27. The van der Waals surface area contributed by atoms with Gasteiger partial charge in [-0.25, -0.2) is 0 Å². The number of hydrogen-bond acceptors (Lipinski definition) is 3. The lowest BCUT2D eigenvalue weighted by molar-refractivity contribution is -0.141. The summed E-state index contributed by atoms with van der Waals surface area (Å²) < 4.78 is 0. The number of nitrogens with zero attached hydrogens (tertiary/aromatic N) is 1. The largest absolute Gasteiger partial charge is 0.481 e. The maximum atomic E-state index is 11.0. The van der Waals surface area contributed by atoms with Crippen LogP contribution in [0.15, 0.2) is 30.3 Å². The molecule has 0 aromatic heterocycles. The second-order valence-corrected chi connectivity index (χ2v) is 4.96. The van der Waals surface area contributed by atoms with Gasteiger partial charge in [0, 0.05) is 19.1 Å². The van der Waals surface area contributed by atoms with E-state index in [1.165, 1.54) is 0 Å². The van der Waals surface area contributed by atoms with E-state index in [0.29, 0.717) is 13.1 Å². The van der Waals surface area contributed by atoms with Crippen molar-refractivity contribution in [3.63, 3.8) is 0 Å². The van der Waals surface area contributed by atoms with E-state index < -0.39 is 17.9 Å². The highest BCUT2D eigenvalue weighted by Crippen LogP contribution is 2.21. The molecule has 1 rings (SSSR count). The van der Waals surface area contributed by atoms with Crippen molar-refractivity contribution in [2.75, 3.05) is 13.1 Å². The number of hydrogen-bond donors (Lipinski definition) is 2. The van der Waals surface area contributed by atoms with Gasteiger partial charge in [0.15, 0.2) is 0 Å². The van der Waals surface area contributed by atoms with Crippen LogP contribution < -0.4 is 0 Å². The van der Waals surface area contributed by atoms with Gasteiger partial charge in [0.05, 0.1) is 12.3 Å². The molecule has 0 spiro atoms. The topological polar surface area (TPSA) is 77.8 Å². The monoisotopic (exact) mass is 279 g/mol. The number of carbonyl (C=O) groups is 2. The van der Waals surface area contributed by atoms with E-state index >= 15 is 0 Å². The van der Waals surface area contributed by atoms with Crippen LogP contribution in [0.4, 0.5) is 0 Å². The van der Waals surface area contributed by atoms with Crippen molar-refractivity contribution in [2.45, 2.75) is 26.3 Å². The molecule has 0 saturated carbocycles. The lowest BCUT2D eigenvalue weighted by Crippen LogP contribution is -2.35. The van der Waals surface area contributed by atoms with Crippen LogP contribution in [0.5, 0.6) is 0 Å². The summed E-state index contributed by atoms with van der Waals surface area (Å²) in [7, 11) is 0. The van der Waals surface area contributed by atoms with Crippen molar-refractivity contribution in [3.8, 4) is 0 Å². The van der Waals surface area contributed by atoms with Gasteiger partial charge in [0.25, 0.3) is 0 Å².